The third-order valence-electron chi connectivity index (χ3n) is 11.6. The molecule has 1 saturated heterocycles. The summed E-state index contributed by atoms with van der Waals surface area (Å²) in [4.78, 5) is 16.4. The van der Waals surface area contributed by atoms with Crippen LogP contribution in [0.3, 0.4) is 0 Å². The molecule has 37 heavy (non-hydrogen) atoms. The number of hydrogen-bond acceptors (Lipinski definition) is 4. The molecule has 0 aromatic heterocycles. The van der Waals surface area contributed by atoms with Gasteiger partial charge in [-0.25, -0.2) is 0 Å². The highest BCUT2D eigenvalue weighted by atomic mass is 16.2. The molecule has 0 aromatic rings. The third-order valence-corrected chi connectivity index (χ3v) is 11.6. The number of nitrogens with one attached hydrogen (secondary N) is 2. The van der Waals surface area contributed by atoms with E-state index in [9.17, 15) is 4.79 Å². The van der Waals surface area contributed by atoms with Gasteiger partial charge in [-0.2, -0.15) is 0 Å². The molecular formula is C31H55N5O. The predicted molar refractivity (Wildman–Crippen MR) is 151 cm³/mol. The van der Waals surface area contributed by atoms with Crippen molar-refractivity contribution in [2.24, 2.45) is 47.0 Å². The molecule has 0 radical (unpaired) electrons. The summed E-state index contributed by atoms with van der Waals surface area (Å²) in [5.41, 5.74) is 12.1. The molecule has 0 spiro atoms. The van der Waals surface area contributed by atoms with Crippen LogP contribution in [-0.2, 0) is 4.79 Å². The number of amides is 1. The Balaban J connectivity index is 1.25. The van der Waals surface area contributed by atoms with Crippen molar-refractivity contribution in [3.05, 3.63) is 0 Å². The van der Waals surface area contributed by atoms with Gasteiger partial charge in [-0.05, 0) is 107 Å². The number of rotatable bonds is 7. The van der Waals surface area contributed by atoms with Crippen LogP contribution in [-0.4, -0.2) is 47.4 Å². The molecule has 6 heteroatoms. The SMILES string of the molecule is CCC1CCC(C2CCCC(CN3C(C(=O)NC4CCC(N)CC4)CC4CCC(C(=N)N)CC43)C2)CC1. The Morgan fingerprint density at radius 2 is 1.57 bits per heavy atom. The van der Waals surface area contributed by atoms with Crippen molar-refractivity contribution in [3.63, 3.8) is 0 Å². The molecule has 1 amide bonds. The van der Waals surface area contributed by atoms with Gasteiger partial charge in [0, 0.05) is 30.6 Å². The zero-order chi connectivity index (χ0) is 25.9. The van der Waals surface area contributed by atoms with Gasteiger partial charge >= 0.3 is 0 Å². The molecule has 210 valence electrons. The maximum atomic E-state index is 13.7. The number of carbonyl (C=O) groups is 1. The van der Waals surface area contributed by atoms with Gasteiger partial charge in [0.05, 0.1) is 11.9 Å². The first kappa shape index (κ1) is 27.4. The Labute approximate surface area is 225 Å². The molecule has 1 aliphatic heterocycles. The fraction of sp³-hybridized carbons (Fsp3) is 0.935. The van der Waals surface area contributed by atoms with Gasteiger partial charge in [0.15, 0.2) is 0 Å². The second kappa shape index (κ2) is 12.4. The maximum absolute atomic E-state index is 13.7. The van der Waals surface area contributed by atoms with Crippen LogP contribution in [0.5, 0.6) is 0 Å². The Kier molecular flexibility index (Phi) is 9.16. The fourth-order valence-electron chi connectivity index (χ4n) is 9.20. The Hall–Kier alpha value is -1.14. The van der Waals surface area contributed by atoms with Crippen LogP contribution in [0.4, 0.5) is 0 Å². The van der Waals surface area contributed by atoms with Crippen molar-refractivity contribution in [1.29, 1.82) is 5.41 Å². The van der Waals surface area contributed by atoms with E-state index in [2.05, 4.69) is 17.1 Å². The van der Waals surface area contributed by atoms with Crippen LogP contribution in [0.2, 0.25) is 0 Å². The van der Waals surface area contributed by atoms with Crippen molar-refractivity contribution < 1.29 is 4.79 Å². The fourth-order valence-corrected chi connectivity index (χ4v) is 9.20. The minimum atomic E-state index is -0.00308. The van der Waals surface area contributed by atoms with Crippen molar-refractivity contribution in [3.8, 4) is 0 Å². The van der Waals surface area contributed by atoms with Crippen molar-refractivity contribution in [2.45, 2.75) is 140 Å². The minimum absolute atomic E-state index is 0.00308. The van der Waals surface area contributed by atoms with Gasteiger partial charge in [0.1, 0.15) is 0 Å². The van der Waals surface area contributed by atoms with Crippen LogP contribution in [0, 0.1) is 40.9 Å². The lowest BCUT2D eigenvalue weighted by molar-refractivity contribution is -0.127. The van der Waals surface area contributed by atoms with E-state index in [4.69, 9.17) is 16.9 Å². The molecule has 4 aliphatic carbocycles. The minimum Gasteiger partial charge on any atom is -0.387 e. The second-order valence-electron chi connectivity index (χ2n) is 13.8. The second-order valence-corrected chi connectivity index (χ2v) is 13.8. The number of nitrogens with two attached hydrogens (primary N) is 2. The first-order valence-corrected chi connectivity index (χ1v) is 16.1. The number of nitrogens with zero attached hydrogens (tertiary/aromatic N) is 1. The van der Waals surface area contributed by atoms with Crippen LogP contribution in [0.15, 0.2) is 0 Å². The molecule has 6 N–H and O–H groups in total. The van der Waals surface area contributed by atoms with E-state index in [1.807, 2.05) is 0 Å². The quantitative estimate of drug-likeness (QED) is 0.277. The van der Waals surface area contributed by atoms with Crippen LogP contribution < -0.4 is 16.8 Å². The highest BCUT2D eigenvalue weighted by Gasteiger charge is 2.48. The van der Waals surface area contributed by atoms with E-state index in [1.165, 1.54) is 57.8 Å². The smallest absolute Gasteiger partial charge is 0.237 e. The van der Waals surface area contributed by atoms with Crippen LogP contribution in [0.1, 0.15) is 116 Å². The molecule has 6 unspecified atom stereocenters. The van der Waals surface area contributed by atoms with Crippen LogP contribution >= 0.6 is 0 Å². The van der Waals surface area contributed by atoms with Gasteiger partial charge in [-0.15, -0.1) is 0 Å². The summed E-state index contributed by atoms with van der Waals surface area (Å²) >= 11 is 0. The first-order valence-electron chi connectivity index (χ1n) is 16.1. The summed E-state index contributed by atoms with van der Waals surface area (Å²) < 4.78 is 0. The predicted octanol–water partition coefficient (Wildman–Crippen LogP) is 5.19. The van der Waals surface area contributed by atoms with Crippen molar-refractivity contribution in [2.75, 3.05) is 6.54 Å². The highest BCUT2D eigenvalue weighted by Crippen LogP contribution is 2.46. The molecule has 1 heterocycles. The Bertz CT molecular complexity index is 772. The molecule has 6 nitrogen and oxygen atoms in total. The van der Waals surface area contributed by atoms with E-state index in [1.54, 1.807) is 0 Å². The number of likely N-dealkylation sites (tertiary alicyclic amines) is 1. The average molecular weight is 514 g/mol. The zero-order valence-electron chi connectivity index (χ0n) is 23.5. The largest absolute Gasteiger partial charge is 0.387 e. The Morgan fingerprint density at radius 3 is 2.27 bits per heavy atom. The summed E-state index contributed by atoms with van der Waals surface area (Å²) in [5.74, 6) is 4.90. The zero-order valence-corrected chi connectivity index (χ0v) is 23.5. The topological polar surface area (TPSA) is 108 Å². The Morgan fingerprint density at radius 1 is 0.838 bits per heavy atom. The van der Waals surface area contributed by atoms with E-state index in [0.717, 1.165) is 75.7 Å². The standard InChI is InChI=1S/C31H55N5O/c1-2-20-6-8-22(9-7-20)23-5-3-4-21(16-23)19-36-28-18-25(30(33)34)11-10-24(28)17-29(36)31(37)35-27-14-12-26(32)13-15-27/h20-29H,2-19,32H2,1H3,(H3,33,34)(H,35,37). The lowest BCUT2D eigenvalue weighted by Gasteiger charge is -2.42. The molecule has 0 bridgehead atoms. The maximum Gasteiger partial charge on any atom is 0.237 e. The summed E-state index contributed by atoms with van der Waals surface area (Å²) in [6.45, 7) is 3.43. The molecular weight excluding hydrogens is 458 g/mol. The van der Waals surface area contributed by atoms with E-state index in [-0.39, 0.29) is 17.9 Å². The van der Waals surface area contributed by atoms with E-state index in [0.29, 0.717) is 35.8 Å². The van der Waals surface area contributed by atoms with Gasteiger partial charge in [0.2, 0.25) is 5.91 Å². The van der Waals surface area contributed by atoms with Gasteiger partial charge in [0.25, 0.3) is 0 Å². The monoisotopic (exact) mass is 513 g/mol. The van der Waals surface area contributed by atoms with Crippen molar-refractivity contribution in [1.82, 2.24) is 10.2 Å². The van der Waals surface area contributed by atoms with E-state index >= 15 is 0 Å². The summed E-state index contributed by atoms with van der Waals surface area (Å²) in [6, 6.07) is 1.01. The number of carbonyl (C=O) groups excluding carboxylic acids is 1. The molecule has 5 fully saturated rings. The third kappa shape index (κ3) is 6.54. The van der Waals surface area contributed by atoms with Crippen LogP contribution in [0.25, 0.3) is 0 Å². The number of amidine groups is 1. The highest BCUT2D eigenvalue weighted by molar-refractivity contribution is 5.83. The molecule has 6 atom stereocenters. The van der Waals surface area contributed by atoms with Gasteiger partial charge in [-0.3, -0.25) is 15.1 Å². The van der Waals surface area contributed by atoms with Gasteiger partial charge < -0.3 is 16.8 Å². The molecule has 5 aliphatic rings. The van der Waals surface area contributed by atoms with Crippen molar-refractivity contribution >= 4 is 11.7 Å². The number of hydrogen-bond donors (Lipinski definition) is 4. The molecule has 0 aromatic carbocycles. The summed E-state index contributed by atoms with van der Waals surface area (Å²) in [6.07, 6.45) is 20.8. The van der Waals surface area contributed by atoms with Gasteiger partial charge in [-0.1, -0.05) is 39.0 Å². The average Bonchev–Trinajstić information content (AvgIpc) is 3.28. The lowest BCUT2D eigenvalue weighted by Crippen LogP contribution is -2.52. The molecule has 5 rings (SSSR count). The number of fused-ring (bicyclic) bond motifs is 1. The summed E-state index contributed by atoms with van der Waals surface area (Å²) in [7, 11) is 0. The summed E-state index contributed by atoms with van der Waals surface area (Å²) in [5, 5.41) is 11.6. The molecule has 4 saturated carbocycles. The normalized spacial score (nSPS) is 43.2. The lowest BCUT2D eigenvalue weighted by atomic mass is 9.68. The van der Waals surface area contributed by atoms with E-state index < -0.39 is 0 Å². The first-order chi connectivity index (χ1) is 17.9.